The van der Waals surface area contributed by atoms with Gasteiger partial charge in [0, 0.05) is 11.6 Å². The molecule has 1 aliphatic heterocycles. The number of methoxy groups -OCH3 is 1. The molecule has 4 aromatic rings. The summed E-state index contributed by atoms with van der Waals surface area (Å²) in [5.41, 5.74) is 1.02. The van der Waals surface area contributed by atoms with Gasteiger partial charge in [-0.25, -0.2) is 0 Å². The van der Waals surface area contributed by atoms with E-state index in [9.17, 15) is 25.2 Å². The van der Waals surface area contributed by atoms with Gasteiger partial charge in [-0.2, -0.15) is 0 Å². The monoisotopic (exact) mass is 470 g/mol. The summed E-state index contributed by atoms with van der Waals surface area (Å²) in [6.07, 6.45) is -5.56. The van der Waals surface area contributed by atoms with Crippen molar-refractivity contribution in [1.29, 1.82) is 0 Å². The van der Waals surface area contributed by atoms with Crippen LogP contribution < -0.4 is 14.9 Å². The van der Waals surface area contributed by atoms with Crippen LogP contribution in [0, 0.1) is 0 Å². The van der Waals surface area contributed by atoms with Crippen LogP contribution in [0.15, 0.2) is 62.4 Å². The summed E-state index contributed by atoms with van der Waals surface area (Å²) in [5.74, 6) is 0.930. The van der Waals surface area contributed by atoms with Crippen LogP contribution in [-0.4, -0.2) is 64.8 Å². The summed E-state index contributed by atoms with van der Waals surface area (Å²) in [6, 6.07) is 11.1. The Kier molecular flexibility index (Phi) is 5.76. The molecule has 0 saturated carbocycles. The second kappa shape index (κ2) is 8.75. The van der Waals surface area contributed by atoms with Crippen molar-refractivity contribution in [1.82, 2.24) is 0 Å². The van der Waals surface area contributed by atoms with E-state index in [0.29, 0.717) is 33.3 Å². The van der Waals surface area contributed by atoms with Gasteiger partial charge in [0.15, 0.2) is 16.8 Å². The van der Waals surface area contributed by atoms with Gasteiger partial charge in [0.2, 0.25) is 6.29 Å². The van der Waals surface area contributed by atoms with E-state index in [2.05, 4.69) is 0 Å². The molecule has 0 radical (unpaired) electrons. The highest BCUT2D eigenvalue weighted by molar-refractivity contribution is 6.05. The molecule has 0 aliphatic carbocycles. The first-order chi connectivity index (χ1) is 16.4. The van der Waals surface area contributed by atoms with Crippen molar-refractivity contribution in [3.63, 3.8) is 0 Å². The van der Waals surface area contributed by atoms with Crippen LogP contribution in [0.4, 0.5) is 0 Å². The van der Waals surface area contributed by atoms with Crippen LogP contribution >= 0.6 is 0 Å². The lowest BCUT2D eigenvalue weighted by atomic mass is 9.99. The first-order valence-electron chi connectivity index (χ1n) is 10.5. The Bertz CT molecular complexity index is 1390. The van der Waals surface area contributed by atoms with Crippen LogP contribution in [0.3, 0.4) is 0 Å². The molecule has 2 aromatic heterocycles. The summed E-state index contributed by atoms with van der Waals surface area (Å²) < 4.78 is 27.9. The normalized spacial score (nSPS) is 25.0. The first kappa shape index (κ1) is 22.4. The van der Waals surface area contributed by atoms with Crippen LogP contribution in [0.25, 0.3) is 33.3 Å². The number of rotatable bonds is 5. The number of furan rings is 1. The van der Waals surface area contributed by atoms with Crippen LogP contribution in [-0.2, 0) is 4.74 Å². The maximum atomic E-state index is 12.9. The quantitative estimate of drug-likeness (QED) is 0.337. The molecule has 10 heteroatoms. The van der Waals surface area contributed by atoms with Crippen molar-refractivity contribution < 1.29 is 43.5 Å². The third kappa shape index (κ3) is 3.71. The zero-order valence-corrected chi connectivity index (χ0v) is 18.0. The van der Waals surface area contributed by atoms with Crippen LogP contribution in [0.5, 0.6) is 11.5 Å². The fourth-order valence-corrected chi connectivity index (χ4v) is 4.03. The molecule has 10 nitrogen and oxygen atoms in total. The predicted molar refractivity (Wildman–Crippen MR) is 119 cm³/mol. The molecule has 34 heavy (non-hydrogen) atoms. The highest BCUT2D eigenvalue weighted by atomic mass is 16.7. The van der Waals surface area contributed by atoms with Crippen molar-refractivity contribution in [3.05, 3.63) is 59.0 Å². The maximum Gasteiger partial charge on any atom is 0.229 e. The van der Waals surface area contributed by atoms with Gasteiger partial charge in [-0.1, -0.05) is 12.1 Å². The Morgan fingerprint density at radius 1 is 0.971 bits per heavy atom. The number of hydrogen-bond acceptors (Lipinski definition) is 10. The summed E-state index contributed by atoms with van der Waals surface area (Å²) in [7, 11) is 1.49. The second-order valence-corrected chi connectivity index (χ2v) is 7.94. The molecule has 1 saturated heterocycles. The Morgan fingerprint density at radius 2 is 1.79 bits per heavy atom. The Hall–Kier alpha value is -3.41. The SMILES string of the molecule is COc1cc2c(=O)cc(-c3cccc(O[C@@H]4OC(CO)[C@@H](O)[C@H](O)C4O)c3)oc2c2ccoc12. The molecule has 2 unspecified atom stereocenters. The second-order valence-electron chi connectivity index (χ2n) is 7.94. The molecule has 0 spiro atoms. The average Bonchev–Trinajstić information content (AvgIpc) is 3.34. The van der Waals surface area contributed by atoms with Gasteiger partial charge in [-0.3, -0.25) is 4.79 Å². The Balaban J connectivity index is 1.51. The number of hydrogen-bond donors (Lipinski definition) is 4. The summed E-state index contributed by atoms with van der Waals surface area (Å²) in [5, 5.41) is 40.4. The van der Waals surface area contributed by atoms with Gasteiger partial charge in [0.05, 0.1) is 30.8 Å². The molecular formula is C24H22O10. The number of benzene rings is 2. The van der Waals surface area contributed by atoms with Gasteiger partial charge in [0.25, 0.3) is 0 Å². The van der Waals surface area contributed by atoms with Crippen molar-refractivity contribution in [3.8, 4) is 22.8 Å². The molecule has 5 rings (SSSR count). The summed E-state index contributed by atoms with van der Waals surface area (Å²) in [4.78, 5) is 12.9. The third-order valence-electron chi connectivity index (χ3n) is 5.83. The number of aliphatic hydroxyl groups excluding tert-OH is 4. The van der Waals surface area contributed by atoms with E-state index < -0.39 is 37.3 Å². The molecule has 0 bridgehead atoms. The van der Waals surface area contributed by atoms with Crippen LogP contribution in [0.1, 0.15) is 0 Å². The maximum absolute atomic E-state index is 12.9. The third-order valence-corrected chi connectivity index (χ3v) is 5.83. The van der Waals surface area contributed by atoms with E-state index in [1.165, 1.54) is 19.4 Å². The van der Waals surface area contributed by atoms with E-state index >= 15 is 0 Å². The largest absolute Gasteiger partial charge is 0.493 e. The first-order valence-corrected chi connectivity index (χ1v) is 10.5. The van der Waals surface area contributed by atoms with Gasteiger partial charge in [0.1, 0.15) is 41.5 Å². The number of fused-ring (bicyclic) bond motifs is 3. The molecule has 0 amide bonds. The minimum absolute atomic E-state index is 0.243. The molecule has 1 fully saturated rings. The van der Waals surface area contributed by atoms with Gasteiger partial charge < -0.3 is 43.5 Å². The van der Waals surface area contributed by atoms with Crippen molar-refractivity contribution in [2.24, 2.45) is 0 Å². The van der Waals surface area contributed by atoms with Gasteiger partial charge in [-0.15, -0.1) is 0 Å². The minimum Gasteiger partial charge on any atom is -0.493 e. The number of aliphatic hydroxyl groups is 4. The van der Waals surface area contributed by atoms with Gasteiger partial charge >= 0.3 is 0 Å². The fourth-order valence-electron chi connectivity index (χ4n) is 4.03. The van der Waals surface area contributed by atoms with E-state index in [0.717, 1.165) is 0 Å². The van der Waals surface area contributed by atoms with Crippen molar-refractivity contribution in [2.45, 2.75) is 30.7 Å². The Labute approximate surface area is 192 Å². The summed E-state index contributed by atoms with van der Waals surface area (Å²) in [6.45, 7) is -0.569. The van der Waals surface area contributed by atoms with Crippen LogP contribution in [0.2, 0.25) is 0 Å². The highest BCUT2D eigenvalue weighted by Gasteiger charge is 2.44. The minimum atomic E-state index is -1.56. The molecule has 3 heterocycles. The van der Waals surface area contributed by atoms with E-state index in [1.807, 2.05) is 0 Å². The highest BCUT2D eigenvalue weighted by Crippen LogP contribution is 2.35. The predicted octanol–water partition coefficient (Wildman–Crippen LogP) is 1.39. The van der Waals surface area contributed by atoms with Gasteiger partial charge in [-0.05, 0) is 24.3 Å². The lowest BCUT2D eigenvalue weighted by molar-refractivity contribution is -0.277. The Morgan fingerprint density at radius 3 is 2.56 bits per heavy atom. The zero-order valence-electron chi connectivity index (χ0n) is 18.0. The summed E-state index contributed by atoms with van der Waals surface area (Å²) >= 11 is 0. The fraction of sp³-hybridized carbons (Fsp3) is 0.292. The molecule has 2 aromatic carbocycles. The molecule has 178 valence electrons. The molecule has 4 N–H and O–H groups in total. The lowest BCUT2D eigenvalue weighted by Crippen LogP contribution is -2.60. The topological polar surface area (TPSA) is 152 Å². The molecular weight excluding hydrogens is 448 g/mol. The molecule has 1 aliphatic rings. The van der Waals surface area contributed by atoms with E-state index in [4.69, 9.17) is 23.0 Å². The van der Waals surface area contributed by atoms with Crippen molar-refractivity contribution in [2.75, 3.05) is 13.7 Å². The van der Waals surface area contributed by atoms with Crippen molar-refractivity contribution >= 4 is 21.9 Å². The lowest BCUT2D eigenvalue weighted by Gasteiger charge is -2.39. The smallest absolute Gasteiger partial charge is 0.229 e. The van der Waals surface area contributed by atoms with E-state index in [1.54, 1.807) is 36.4 Å². The number of ether oxygens (including phenoxy) is 3. The zero-order chi connectivity index (χ0) is 24.0. The van der Waals surface area contributed by atoms with E-state index in [-0.39, 0.29) is 16.9 Å². The average molecular weight is 470 g/mol. The standard InChI is InChI=1S/C24H22O10/c1-30-17-8-14-15(26)9-16(33-22(14)13-5-6-31-23(13)17)11-3-2-4-12(7-11)32-24-21(29)20(28)19(27)18(10-25)34-24/h2-9,18-21,24-25,27-29H,10H2,1H3/t18?,19-,20+,21?,24-/m1/s1. The molecule has 5 atom stereocenters.